The molecular formula is C17H17ClO8S. The minimum atomic E-state index is -4.23. The van der Waals surface area contributed by atoms with Crippen LogP contribution in [0.2, 0.25) is 0 Å². The van der Waals surface area contributed by atoms with Gasteiger partial charge >= 0.3 is 22.1 Å². The van der Waals surface area contributed by atoms with Crippen molar-refractivity contribution in [1.82, 2.24) is 0 Å². The molecule has 0 saturated heterocycles. The Morgan fingerprint density at radius 1 is 1.19 bits per heavy atom. The Kier molecular flexibility index (Phi) is 6.96. The molecule has 8 nitrogen and oxygen atoms in total. The molecule has 0 fully saturated rings. The van der Waals surface area contributed by atoms with Crippen LogP contribution in [0.1, 0.15) is 13.3 Å². The number of rotatable bonds is 3. The number of furan rings is 1. The first-order valence-electron chi connectivity index (χ1n) is 7.34. The maximum Gasteiger partial charge on any atom is 0.331 e. The molecule has 0 spiro atoms. The largest absolute Gasteiger partial charge is 0.481 e. The van der Waals surface area contributed by atoms with E-state index in [1.807, 2.05) is 0 Å². The highest BCUT2D eigenvalue weighted by atomic mass is 35.5. The third-order valence-corrected chi connectivity index (χ3v) is 4.45. The number of halogens is 1. The average molecular weight is 417 g/mol. The number of benzene rings is 1. The molecule has 3 rings (SSSR count). The number of allylic oxidation sites excluding steroid dienone is 2. The molecule has 2 aromatic rings. The molecule has 0 radical (unpaired) electrons. The standard InChI is InChI=1S/C9H10O4.C8H6O4S.ClH/c1-9(8(12)13)4-2-3-6(5-9)7(10)11;9-13(10,11)8-5-6-3-1-2-4-7(6)12-8;/h2-4H,5H2,1H3,(H,10,11)(H,12,13);1-5H,(H,9,10,11);1H. The van der Waals surface area contributed by atoms with E-state index < -0.39 is 32.6 Å². The summed E-state index contributed by atoms with van der Waals surface area (Å²) in [5, 5.41) is 17.7. The molecule has 3 N–H and O–H groups in total. The van der Waals surface area contributed by atoms with Crippen molar-refractivity contribution in [2.45, 2.75) is 18.4 Å². The summed E-state index contributed by atoms with van der Waals surface area (Å²) in [5.41, 5.74) is -0.509. The highest BCUT2D eigenvalue weighted by Crippen LogP contribution is 2.31. The quantitative estimate of drug-likeness (QED) is 0.647. The fraction of sp³-hybridized carbons (Fsp3) is 0.176. The SMILES string of the molecule is CC1(C(=O)O)C=CC=C(C(=O)O)C1.Cl.O=S(=O)(O)c1cc2ccccc2o1. The van der Waals surface area contributed by atoms with Crippen molar-refractivity contribution < 1.29 is 37.2 Å². The van der Waals surface area contributed by atoms with Gasteiger partial charge in [-0.2, -0.15) is 8.42 Å². The normalized spacial score (nSPS) is 18.7. The first-order chi connectivity index (χ1) is 12.0. The van der Waals surface area contributed by atoms with Crippen LogP contribution in [0.4, 0.5) is 0 Å². The van der Waals surface area contributed by atoms with Gasteiger partial charge in [-0.15, -0.1) is 12.4 Å². The molecule has 1 aliphatic rings. The van der Waals surface area contributed by atoms with Crippen LogP contribution in [-0.4, -0.2) is 35.1 Å². The topological polar surface area (TPSA) is 142 Å². The van der Waals surface area contributed by atoms with Crippen LogP contribution >= 0.6 is 12.4 Å². The molecule has 1 aliphatic carbocycles. The van der Waals surface area contributed by atoms with Gasteiger partial charge in [0.05, 0.1) is 5.41 Å². The zero-order valence-electron chi connectivity index (χ0n) is 14.0. The van der Waals surface area contributed by atoms with Crippen LogP contribution in [0.25, 0.3) is 11.0 Å². The Morgan fingerprint density at radius 3 is 2.33 bits per heavy atom. The maximum absolute atomic E-state index is 10.8. The van der Waals surface area contributed by atoms with Gasteiger partial charge in [-0.05, 0) is 19.4 Å². The number of fused-ring (bicyclic) bond motifs is 1. The summed E-state index contributed by atoms with van der Waals surface area (Å²) in [5.74, 6) is -2.06. The van der Waals surface area contributed by atoms with Crippen molar-refractivity contribution in [3.8, 4) is 0 Å². The smallest absolute Gasteiger partial charge is 0.331 e. The van der Waals surface area contributed by atoms with E-state index in [1.54, 1.807) is 24.3 Å². The summed E-state index contributed by atoms with van der Waals surface area (Å²) < 4.78 is 34.9. The fourth-order valence-electron chi connectivity index (χ4n) is 2.27. The third kappa shape index (κ3) is 5.43. The molecule has 1 heterocycles. The van der Waals surface area contributed by atoms with E-state index in [0.717, 1.165) is 0 Å². The zero-order chi connectivity index (χ0) is 19.5. The molecule has 1 unspecified atom stereocenters. The van der Waals surface area contributed by atoms with Crippen LogP contribution in [0, 0.1) is 5.41 Å². The summed E-state index contributed by atoms with van der Waals surface area (Å²) in [7, 11) is -4.23. The number of hydrogen-bond donors (Lipinski definition) is 3. The number of carboxylic acid groups (broad SMARTS) is 2. The van der Waals surface area contributed by atoms with Crippen molar-refractivity contribution in [1.29, 1.82) is 0 Å². The van der Waals surface area contributed by atoms with E-state index >= 15 is 0 Å². The second-order valence-electron chi connectivity index (χ2n) is 5.83. The second-order valence-corrected chi connectivity index (χ2v) is 7.19. The minimum Gasteiger partial charge on any atom is -0.481 e. The lowest BCUT2D eigenvalue weighted by molar-refractivity contribution is -0.145. The highest BCUT2D eigenvalue weighted by molar-refractivity contribution is 7.85. The average Bonchev–Trinajstić information content (AvgIpc) is 3.00. The van der Waals surface area contributed by atoms with Gasteiger partial charge in [0.15, 0.2) is 0 Å². The Hall–Kier alpha value is -2.62. The molecule has 0 bridgehead atoms. The molecule has 146 valence electrons. The van der Waals surface area contributed by atoms with E-state index in [-0.39, 0.29) is 24.4 Å². The predicted octanol–water partition coefficient (Wildman–Crippen LogP) is 3.15. The predicted molar refractivity (Wildman–Crippen MR) is 98.5 cm³/mol. The van der Waals surface area contributed by atoms with Crippen LogP contribution in [0.3, 0.4) is 0 Å². The molecule has 1 aromatic heterocycles. The second kappa shape index (κ2) is 8.38. The molecule has 1 aromatic carbocycles. The van der Waals surface area contributed by atoms with Gasteiger partial charge < -0.3 is 14.6 Å². The first kappa shape index (κ1) is 22.4. The van der Waals surface area contributed by atoms with E-state index in [1.165, 1.54) is 31.2 Å². The Balaban J connectivity index is 0.000000260. The minimum absolute atomic E-state index is 0. The lowest BCUT2D eigenvalue weighted by atomic mass is 9.80. The maximum atomic E-state index is 10.8. The van der Waals surface area contributed by atoms with Gasteiger partial charge in [-0.25, -0.2) is 4.79 Å². The Labute approximate surface area is 161 Å². The van der Waals surface area contributed by atoms with Crippen molar-refractivity contribution in [3.63, 3.8) is 0 Å². The number of hydrogen-bond acceptors (Lipinski definition) is 5. The third-order valence-electron chi connectivity index (χ3n) is 3.74. The van der Waals surface area contributed by atoms with Gasteiger partial charge in [0.1, 0.15) is 5.58 Å². The zero-order valence-corrected chi connectivity index (χ0v) is 15.7. The first-order valence-corrected chi connectivity index (χ1v) is 8.78. The summed E-state index contributed by atoms with van der Waals surface area (Å²) in [4.78, 5) is 21.3. The molecule has 0 saturated carbocycles. The summed E-state index contributed by atoms with van der Waals surface area (Å²) in [6.45, 7) is 1.50. The van der Waals surface area contributed by atoms with Crippen molar-refractivity contribution >= 4 is 45.4 Å². The number of aliphatic carboxylic acids is 2. The Morgan fingerprint density at radius 2 is 1.81 bits per heavy atom. The van der Waals surface area contributed by atoms with Crippen LogP contribution in [-0.2, 0) is 19.7 Å². The van der Waals surface area contributed by atoms with Crippen LogP contribution < -0.4 is 0 Å². The molecule has 1 atom stereocenters. The van der Waals surface area contributed by atoms with E-state index in [0.29, 0.717) is 11.0 Å². The van der Waals surface area contributed by atoms with E-state index in [4.69, 9.17) is 19.2 Å². The number of carbonyl (C=O) groups is 2. The van der Waals surface area contributed by atoms with Gasteiger partial charge in [-0.3, -0.25) is 9.35 Å². The lowest BCUT2D eigenvalue weighted by Gasteiger charge is -2.23. The molecule has 10 heteroatoms. The van der Waals surface area contributed by atoms with E-state index in [9.17, 15) is 18.0 Å². The van der Waals surface area contributed by atoms with Gasteiger partial charge in [0.2, 0.25) is 5.09 Å². The molecule has 0 amide bonds. The summed E-state index contributed by atoms with van der Waals surface area (Å²) in [6, 6.07) is 8.09. The number of para-hydroxylation sites is 1. The van der Waals surface area contributed by atoms with Crippen molar-refractivity contribution in [2.75, 3.05) is 0 Å². The lowest BCUT2D eigenvalue weighted by Crippen LogP contribution is -2.28. The van der Waals surface area contributed by atoms with Gasteiger partial charge in [0.25, 0.3) is 0 Å². The van der Waals surface area contributed by atoms with Crippen molar-refractivity contribution in [3.05, 3.63) is 54.1 Å². The van der Waals surface area contributed by atoms with Crippen LogP contribution in [0.15, 0.2) is 63.6 Å². The summed E-state index contributed by atoms with van der Waals surface area (Å²) >= 11 is 0. The van der Waals surface area contributed by atoms with Gasteiger partial charge in [0, 0.05) is 17.0 Å². The van der Waals surface area contributed by atoms with Gasteiger partial charge in [-0.1, -0.05) is 36.4 Å². The van der Waals surface area contributed by atoms with Crippen molar-refractivity contribution in [2.24, 2.45) is 5.41 Å². The number of carboxylic acids is 2. The van der Waals surface area contributed by atoms with E-state index in [2.05, 4.69) is 0 Å². The molecular weight excluding hydrogens is 400 g/mol. The monoisotopic (exact) mass is 416 g/mol. The Bertz CT molecular complexity index is 985. The summed E-state index contributed by atoms with van der Waals surface area (Å²) in [6.07, 6.45) is 4.43. The van der Waals surface area contributed by atoms with Crippen LogP contribution in [0.5, 0.6) is 0 Å². The highest BCUT2D eigenvalue weighted by Gasteiger charge is 2.34. The fourth-order valence-corrected chi connectivity index (χ4v) is 2.74. The molecule has 27 heavy (non-hydrogen) atoms. The molecule has 0 aliphatic heterocycles.